The van der Waals surface area contributed by atoms with Gasteiger partial charge in [-0.05, 0) is 24.4 Å². The van der Waals surface area contributed by atoms with E-state index >= 15 is 0 Å². The third-order valence-corrected chi connectivity index (χ3v) is 2.71. The van der Waals surface area contributed by atoms with Crippen LogP contribution in [0.3, 0.4) is 0 Å². The van der Waals surface area contributed by atoms with Gasteiger partial charge in [0.05, 0.1) is 0 Å². The number of nitrogens with zero attached hydrogens (tertiary/aromatic N) is 2. The molecule has 108 valence electrons. The number of halogens is 1. The lowest BCUT2D eigenvalue weighted by Crippen LogP contribution is -2.29. The summed E-state index contributed by atoms with van der Waals surface area (Å²) in [6, 6.07) is 10.8. The Kier molecular flexibility index (Phi) is 5.48. The molecule has 2 aromatic rings. The van der Waals surface area contributed by atoms with Crippen LogP contribution in [-0.4, -0.2) is 21.6 Å². The van der Waals surface area contributed by atoms with Crippen LogP contribution in [0.25, 0.3) is 0 Å². The van der Waals surface area contributed by atoms with Crippen molar-refractivity contribution >= 4 is 34.9 Å². The average molecular weight is 321 g/mol. The molecule has 0 bridgehead atoms. The van der Waals surface area contributed by atoms with Gasteiger partial charge in [-0.3, -0.25) is 0 Å². The number of ether oxygens (including phenoxy) is 1. The Morgan fingerprint density at radius 3 is 2.81 bits per heavy atom. The first kappa shape index (κ1) is 15.2. The summed E-state index contributed by atoms with van der Waals surface area (Å²) in [5.74, 6) is 1.25. The van der Waals surface area contributed by atoms with Crippen LogP contribution < -0.4 is 15.4 Å². The highest BCUT2D eigenvalue weighted by Gasteiger charge is 2.06. The van der Waals surface area contributed by atoms with E-state index in [0.29, 0.717) is 23.3 Å². The van der Waals surface area contributed by atoms with Crippen molar-refractivity contribution in [3.8, 4) is 11.6 Å². The highest BCUT2D eigenvalue weighted by molar-refractivity contribution is 7.80. The lowest BCUT2D eigenvalue weighted by atomic mass is 10.3. The lowest BCUT2D eigenvalue weighted by Gasteiger charge is -2.09. The number of nitrogens with one attached hydrogen (secondary N) is 2. The number of anilines is 1. The highest BCUT2D eigenvalue weighted by Crippen LogP contribution is 2.22. The van der Waals surface area contributed by atoms with Gasteiger partial charge in [0, 0.05) is 12.6 Å². The Morgan fingerprint density at radius 1 is 1.33 bits per heavy atom. The quantitative estimate of drug-likeness (QED) is 0.500. The molecule has 0 aliphatic rings. The van der Waals surface area contributed by atoms with Crippen molar-refractivity contribution in [3.63, 3.8) is 0 Å². The third-order valence-electron chi connectivity index (χ3n) is 2.27. The van der Waals surface area contributed by atoms with Crippen LogP contribution in [-0.2, 0) is 0 Å². The molecule has 0 fully saturated rings. The van der Waals surface area contributed by atoms with Gasteiger partial charge in [-0.25, -0.2) is 4.98 Å². The van der Waals surface area contributed by atoms with E-state index < -0.39 is 0 Å². The average Bonchev–Trinajstić information content (AvgIpc) is 2.45. The largest absolute Gasteiger partial charge is 0.439 e. The fourth-order valence-electron chi connectivity index (χ4n) is 1.43. The van der Waals surface area contributed by atoms with Crippen molar-refractivity contribution in [1.29, 1.82) is 0 Å². The second kappa shape index (κ2) is 7.56. The third kappa shape index (κ3) is 5.02. The SMILES string of the molecule is C=CCNC(=S)Nc1nc(Cl)cc(Oc2ccccc2)n1. The van der Waals surface area contributed by atoms with Gasteiger partial charge in [-0.1, -0.05) is 35.9 Å². The Labute approximate surface area is 133 Å². The summed E-state index contributed by atoms with van der Waals surface area (Å²) in [6.45, 7) is 4.13. The van der Waals surface area contributed by atoms with Gasteiger partial charge in [0.2, 0.25) is 11.8 Å². The minimum absolute atomic E-state index is 0.255. The molecule has 0 spiro atoms. The maximum atomic E-state index is 5.95. The number of rotatable bonds is 5. The summed E-state index contributed by atoms with van der Waals surface area (Å²) >= 11 is 11.0. The zero-order valence-electron chi connectivity index (χ0n) is 11.0. The molecule has 0 saturated carbocycles. The van der Waals surface area contributed by atoms with Crippen molar-refractivity contribution in [2.45, 2.75) is 0 Å². The van der Waals surface area contributed by atoms with Gasteiger partial charge in [0.1, 0.15) is 10.9 Å². The van der Waals surface area contributed by atoms with Gasteiger partial charge >= 0.3 is 0 Å². The Balaban J connectivity index is 2.10. The predicted octanol–water partition coefficient (Wildman–Crippen LogP) is 3.39. The smallest absolute Gasteiger partial charge is 0.233 e. The van der Waals surface area contributed by atoms with E-state index in [1.165, 1.54) is 6.07 Å². The number of hydrogen-bond donors (Lipinski definition) is 2. The molecule has 5 nitrogen and oxygen atoms in total. The summed E-state index contributed by atoms with van der Waals surface area (Å²) in [4.78, 5) is 8.23. The molecule has 0 atom stereocenters. The van der Waals surface area contributed by atoms with Gasteiger partial charge in [0.25, 0.3) is 0 Å². The van der Waals surface area contributed by atoms with Crippen LogP contribution >= 0.6 is 23.8 Å². The molecular formula is C14H13ClN4OS. The molecule has 0 radical (unpaired) electrons. The van der Waals surface area contributed by atoms with Gasteiger partial charge < -0.3 is 15.4 Å². The fraction of sp³-hybridized carbons (Fsp3) is 0.0714. The summed E-state index contributed by atoms with van der Waals surface area (Å²) in [6.07, 6.45) is 1.69. The molecule has 1 aromatic heterocycles. The molecule has 1 heterocycles. The fourth-order valence-corrected chi connectivity index (χ4v) is 1.77. The highest BCUT2D eigenvalue weighted by atomic mass is 35.5. The monoisotopic (exact) mass is 320 g/mol. The first-order valence-electron chi connectivity index (χ1n) is 6.10. The lowest BCUT2D eigenvalue weighted by molar-refractivity contribution is 0.462. The van der Waals surface area contributed by atoms with E-state index in [1.54, 1.807) is 6.08 Å². The standard InChI is InChI=1S/C14H13ClN4OS/c1-2-8-16-14(21)19-13-17-11(15)9-12(18-13)20-10-6-4-3-5-7-10/h2-7,9H,1,8H2,(H2,16,17,18,19,21). The number of para-hydroxylation sites is 1. The van der Waals surface area contributed by atoms with Crippen LogP contribution in [0.1, 0.15) is 0 Å². The zero-order valence-corrected chi connectivity index (χ0v) is 12.6. The van der Waals surface area contributed by atoms with Crippen LogP contribution in [0.2, 0.25) is 5.15 Å². The zero-order chi connectivity index (χ0) is 15.1. The Morgan fingerprint density at radius 2 is 2.10 bits per heavy atom. The molecule has 0 aliphatic heterocycles. The summed E-state index contributed by atoms with van der Waals surface area (Å²) in [5.41, 5.74) is 0. The van der Waals surface area contributed by atoms with Crippen LogP contribution in [0.15, 0.2) is 49.1 Å². The molecule has 7 heteroatoms. The number of hydrogen-bond acceptors (Lipinski definition) is 4. The van der Waals surface area contributed by atoms with E-state index in [-0.39, 0.29) is 11.1 Å². The molecule has 1 aromatic carbocycles. The van der Waals surface area contributed by atoms with Crippen molar-refractivity contribution in [1.82, 2.24) is 15.3 Å². The predicted molar refractivity (Wildman–Crippen MR) is 88.0 cm³/mol. The summed E-state index contributed by atoms with van der Waals surface area (Å²) in [7, 11) is 0. The maximum absolute atomic E-state index is 5.95. The summed E-state index contributed by atoms with van der Waals surface area (Å²) < 4.78 is 5.61. The van der Waals surface area contributed by atoms with E-state index in [9.17, 15) is 0 Å². The topological polar surface area (TPSA) is 59.1 Å². The summed E-state index contributed by atoms with van der Waals surface area (Å²) in [5, 5.41) is 6.37. The van der Waals surface area contributed by atoms with Crippen LogP contribution in [0, 0.1) is 0 Å². The number of benzene rings is 1. The van der Waals surface area contributed by atoms with Crippen LogP contribution in [0.5, 0.6) is 11.6 Å². The van der Waals surface area contributed by atoms with Crippen molar-refractivity contribution in [2.24, 2.45) is 0 Å². The maximum Gasteiger partial charge on any atom is 0.233 e. The van der Waals surface area contributed by atoms with Crippen LogP contribution in [0.4, 0.5) is 5.95 Å². The Bertz CT molecular complexity index is 636. The number of thiocarbonyl (C=S) groups is 1. The normalized spacial score (nSPS) is 9.76. The van der Waals surface area contributed by atoms with Gasteiger partial charge in [0.15, 0.2) is 5.11 Å². The van der Waals surface area contributed by atoms with Crippen molar-refractivity contribution < 1.29 is 4.74 Å². The van der Waals surface area contributed by atoms with E-state index in [4.69, 9.17) is 28.6 Å². The van der Waals surface area contributed by atoms with E-state index in [1.807, 2.05) is 30.3 Å². The van der Waals surface area contributed by atoms with Crippen molar-refractivity contribution in [3.05, 3.63) is 54.2 Å². The molecule has 0 saturated heterocycles. The Hall–Kier alpha value is -2.18. The minimum Gasteiger partial charge on any atom is -0.439 e. The molecule has 0 aliphatic carbocycles. The molecule has 0 amide bonds. The molecule has 0 unspecified atom stereocenters. The number of aromatic nitrogens is 2. The molecule has 21 heavy (non-hydrogen) atoms. The van der Waals surface area contributed by atoms with E-state index in [0.717, 1.165) is 0 Å². The second-order valence-electron chi connectivity index (χ2n) is 3.89. The minimum atomic E-state index is 0.255. The first-order valence-corrected chi connectivity index (χ1v) is 6.89. The first-order chi connectivity index (χ1) is 10.2. The molecule has 2 rings (SSSR count). The van der Waals surface area contributed by atoms with Gasteiger partial charge in [-0.2, -0.15) is 4.98 Å². The van der Waals surface area contributed by atoms with E-state index in [2.05, 4.69) is 27.2 Å². The molecular weight excluding hydrogens is 308 g/mol. The second-order valence-corrected chi connectivity index (χ2v) is 4.69. The van der Waals surface area contributed by atoms with Crippen molar-refractivity contribution in [2.75, 3.05) is 11.9 Å². The van der Waals surface area contributed by atoms with Gasteiger partial charge in [-0.15, -0.1) is 6.58 Å². The molecule has 2 N–H and O–H groups in total.